The average Bonchev–Trinajstić information content (AvgIpc) is 2.87. The van der Waals surface area contributed by atoms with Gasteiger partial charge in [0.15, 0.2) is 0 Å². The number of rotatable bonds is 2. The van der Waals surface area contributed by atoms with Crippen molar-refractivity contribution in [2.75, 3.05) is 19.0 Å². The number of hydrogen-bond donors (Lipinski definition) is 0. The molecule has 3 rings (SSSR count). The molecule has 1 aliphatic heterocycles. The Morgan fingerprint density at radius 1 is 0.913 bits per heavy atom. The van der Waals surface area contributed by atoms with Gasteiger partial charge in [-0.3, -0.25) is 0 Å². The number of hydrogen-bond acceptors (Lipinski definition) is 3. The van der Waals surface area contributed by atoms with E-state index in [0.29, 0.717) is 0 Å². The molecular weight excluding hydrogens is 282 g/mol. The quantitative estimate of drug-likeness (QED) is 0.767. The Morgan fingerprint density at radius 3 is 2.17 bits per heavy atom. The van der Waals surface area contributed by atoms with Crippen molar-refractivity contribution in [1.29, 1.82) is 0 Å². The lowest BCUT2D eigenvalue weighted by atomic mass is 9.86. The molecular formula is C20H23N3. The van der Waals surface area contributed by atoms with Crippen molar-refractivity contribution < 1.29 is 0 Å². The molecule has 0 unspecified atom stereocenters. The van der Waals surface area contributed by atoms with E-state index in [1.54, 1.807) is 0 Å². The van der Waals surface area contributed by atoms with Crippen LogP contribution >= 0.6 is 0 Å². The minimum absolute atomic E-state index is 0.0402. The molecule has 1 heterocycles. The van der Waals surface area contributed by atoms with Crippen molar-refractivity contribution in [3.05, 3.63) is 54.1 Å². The second-order valence-corrected chi connectivity index (χ2v) is 7.10. The van der Waals surface area contributed by atoms with Crippen LogP contribution in [-0.2, 0) is 0 Å². The number of benzene rings is 2. The third kappa shape index (κ3) is 3.04. The van der Waals surface area contributed by atoms with Crippen LogP contribution < -0.4 is 4.90 Å². The SMILES string of the molecule is CN(C)c1ccc(N=C2C(C(C)(C)C)=Nc3ccccc32)cc1. The third-order valence-electron chi connectivity index (χ3n) is 3.93. The first-order valence-corrected chi connectivity index (χ1v) is 7.91. The normalized spacial score (nSPS) is 15.5. The molecule has 0 saturated heterocycles. The molecule has 118 valence electrons. The van der Waals surface area contributed by atoms with Gasteiger partial charge < -0.3 is 4.90 Å². The lowest BCUT2D eigenvalue weighted by Crippen LogP contribution is -2.26. The second kappa shape index (κ2) is 5.65. The Balaban J connectivity index is 2.06. The second-order valence-electron chi connectivity index (χ2n) is 7.10. The van der Waals surface area contributed by atoms with E-state index in [0.717, 1.165) is 28.4 Å². The Labute approximate surface area is 138 Å². The van der Waals surface area contributed by atoms with E-state index >= 15 is 0 Å². The molecule has 0 fully saturated rings. The Hall–Kier alpha value is -2.42. The number of nitrogens with zero attached hydrogens (tertiary/aromatic N) is 3. The topological polar surface area (TPSA) is 28.0 Å². The van der Waals surface area contributed by atoms with Gasteiger partial charge in [-0.2, -0.15) is 0 Å². The van der Waals surface area contributed by atoms with E-state index in [9.17, 15) is 0 Å². The summed E-state index contributed by atoms with van der Waals surface area (Å²) in [7, 11) is 4.08. The van der Waals surface area contributed by atoms with Gasteiger partial charge >= 0.3 is 0 Å². The van der Waals surface area contributed by atoms with Gasteiger partial charge in [-0.05, 0) is 30.3 Å². The van der Waals surface area contributed by atoms with Gasteiger partial charge in [-0.15, -0.1) is 0 Å². The molecule has 0 aromatic heterocycles. The largest absolute Gasteiger partial charge is 0.378 e. The van der Waals surface area contributed by atoms with Gasteiger partial charge in [0, 0.05) is 30.8 Å². The summed E-state index contributed by atoms with van der Waals surface area (Å²) in [5, 5.41) is 0. The van der Waals surface area contributed by atoms with E-state index in [1.807, 2.05) is 26.2 Å². The standard InChI is InChI=1S/C20H23N3/c1-20(2,3)19-18(16-8-6-7-9-17(16)22-19)21-14-10-12-15(13-11-14)23(4)5/h6-13H,1-5H3. The van der Waals surface area contributed by atoms with Crippen LogP contribution in [0.5, 0.6) is 0 Å². The predicted octanol–water partition coefficient (Wildman–Crippen LogP) is 5.01. The Morgan fingerprint density at radius 2 is 1.57 bits per heavy atom. The highest BCUT2D eigenvalue weighted by Crippen LogP contribution is 2.34. The van der Waals surface area contributed by atoms with Crippen molar-refractivity contribution in [2.45, 2.75) is 20.8 Å². The van der Waals surface area contributed by atoms with E-state index in [2.05, 4.69) is 62.1 Å². The van der Waals surface area contributed by atoms with E-state index in [1.165, 1.54) is 5.69 Å². The van der Waals surface area contributed by atoms with Crippen LogP contribution in [-0.4, -0.2) is 25.5 Å². The minimum Gasteiger partial charge on any atom is -0.378 e. The highest BCUT2D eigenvalue weighted by Gasteiger charge is 2.31. The Bertz CT molecular complexity index is 775. The smallest absolute Gasteiger partial charge is 0.0951 e. The zero-order chi connectivity index (χ0) is 16.6. The van der Waals surface area contributed by atoms with Crippen LogP contribution in [0.4, 0.5) is 17.1 Å². The summed E-state index contributed by atoms with van der Waals surface area (Å²) in [6.07, 6.45) is 0. The fourth-order valence-electron chi connectivity index (χ4n) is 2.66. The van der Waals surface area contributed by atoms with Crippen LogP contribution in [0, 0.1) is 5.41 Å². The molecule has 3 nitrogen and oxygen atoms in total. The average molecular weight is 305 g/mol. The Kier molecular flexibility index (Phi) is 3.80. The molecule has 0 atom stereocenters. The van der Waals surface area contributed by atoms with Crippen molar-refractivity contribution >= 4 is 28.5 Å². The molecule has 2 aromatic rings. The molecule has 0 amide bonds. The molecule has 0 aliphatic carbocycles. The van der Waals surface area contributed by atoms with E-state index in [-0.39, 0.29) is 5.41 Å². The van der Waals surface area contributed by atoms with Crippen molar-refractivity contribution in [3.63, 3.8) is 0 Å². The van der Waals surface area contributed by atoms with Gasteiger partial charge in [0.25, 0.3) is 0 Å². The highest BCUT2D eigenvalue weighted by molar-refractivity contribution is 6.53. The lowest BCUT2D eigenvalue weighted by molar-refractivity contribution is 0.599. The van der Waals surface area contributed by atoms with Crippen LogP contribution in [0.25, 0.3) is 0 Å². The monoisotopic (exact) mass is 305 g/mol. The summed E-state index contributed by atoms with van der Waals surface area (Å²) in [6, 6.07) is 16.5. The van der Waals surface area contributed by atoms with Gasteiger partial charge in [0.1, 0.15) is 0 Å². The molecule has 0 spiro atoms. The molecule has 1 aliphatic rings. The molecule has 0 bridgehead atoms. The van der Waals surface area contributed by atoms with Crippen molar-refractivity contribution in [1.82, 2.24) is 0 Å². The van der Waals surface area contributed by atoms with Gasteiger partial charge in [-0.1, -0.05) is 39.0 Å². The van der Waals surface area contributed by atoms with Crippen molar-refractivity contribution in [3.8, 4) is 0 Å². The van der Waals surface area contributed by atoms with Crippen LogP contribution in [0.1, 0.15) is 26.3 Å². The predicted molar refractivity (Wildman–Crippen MR) is 100.0 cm³/mol. The molecule has 23 heavy (non-hydrogen) atoms. The van der Waals surface area contributed by atoms with E-state index < -0.39 is 0 Å². The maximum atomic E-state index is 4.92. The highest BCUT2D eigenvalue weighted by atomic mass is 15.1. The van der Waals surface area contributed by atoms with Gasteiger partial charge in [-0.25, -0.2) is 9.98 Å². The number of anilines is 1. The first kappa shape index (κ1) is 15.5. The lowest BCUT2D eigenvalue weighted by Gasteiger charge is -2.19. The van der Waals surface area contributed by atoms with Crippen LogP contribution in [0.3, 0.4) is 0 Å². The number of para-hydroxylation sites is 1. The molecule has 0 N–H and O–H groups in total. The summed E-state index contributed by atoms with van der Waals surface area (Å²) in [6.45, 7) is 6.55. The third-order valence-corrected chi connectivity index (χ3v) is 3.93. The van der Waals surface area contributed by atoms with Gasteiger partial charge in [0.05, 0.1) is 22.8 Å². The first-order valence-electron chi connectivity index (χ1n) is 7.91. The molecule has 2 aromatic carbocycles. The zero-order valence-electron chi connectivity index (χ0n) is 14.5. The molecule has 3 heteroatoms. The molecule has 0 saturated carbocycles. The number of aliphatic imine (C=N–C) groups is 2. The van der Waals surface area contributed by atoms with Crippen LogP contribution in [0.15, 0.2) is 58.5 Å². The fraction of sp³-hybridized carbons (Fsp3) is 0.300. The minimum atomic E-state index is -0.0402. The zero-order valence-corrected chi connectivity index (χ0v) is 14.5. The summed E-state index contributed by atoms with van der Waals surface area (Å²) in [5.41, 5.74) is 6.27. The summed E-state index contributed by atoms with van der Waals surface area (Å²) in [5.74, 6) is 0. The summed E-state index contributed by atoms with van der Waals surface area (Å²) in [4.78, 5) is 11.8. The molecule has 0 radical (unpaired) electrons. The van der Waals surface area contributed by atoms with Gasteiger partial charge in [0.2, 0.25) is 0 Å². The maximum Gasteiger partial charge on any atom is 0.0951 e. The van der Waals surface area contributed by atoms with E-state index in [4.69, 9.17) is 9.98 Å². The summed E-state index contributed by atoms with van der Waals surface area (Å²) >= 11 is 0. The maximum absolute atomic E-state index is 4.92. The summed E-state index contributed by atoms with van der Waals surface area (Å²) < 4.78 is 0. The number of fused-ring (bicyclic) bond motifs is 1. The van der Waals surface area contributed by atoms with Crippen molar-refractivity contribution in [2.24, 2.45) is 15.4 Å². The van der Waals surface area contributed by atoms with Crippen LogP contribution in [0.2, 0.25) is 0 Å². The first-order chi connectivity index (χ1) is 10.9. The fourth-order valence-corrected chi connectivity index (χ4v) is 2.66.